The summed E-state index contributed by atoms with van der Waals surface area (Å²) in [4.78, 5) is 21.5. The standard InChI is InChI=1S/C18H20FN3OS/c1-11-15(13-5-7-14(19)8-6-13)16-17(24-11)20-12(2)22(18(16)23)10-9-21(3)4/h5-8H,9-10H2,1-4H3. The Labute approximate surface area is 144 Å². The number of aryl methyl sites for hydroxylation is 2. The lowest BCUT2D eigenvalue weighted by Gasteiger charge is -2.13. The van der Waals surface area contributed by atoms with E-state index in [4.69, 9.17) is 0 Å². The van der Waals surface area contributed by atoms with E-state index >= 15 is 0 Å². The van der Waals surface area contributed by atoms with E-state index in [-0.39, 0.29) is 11.4 Å². The van der Waals surface area contributed by atoms with Crippen LogP contribution in [0.5, 0.6) is 0 Å². The maximum atomic E-state index is 13.2. The Morgan fingerprint density at radius 3 is 2.50 bits per heavy atom. The van der Waals surface area contributed by atoms with E-state index in [1.807, 2.05) is 32.8 Å². The van der Waals surface area contributed by atoms with E-state index < -0.39 is 0 Å². The summed E-state index contributed by atoms with van der Waals surface area (Å²) in [6.45, 7) is 5.20. The fourth-order valence-corrected chi connectivity index (χ4v) is 3.91. The summed E-state index contributed by atoms with van der Waals surface area (Å²) in [6.07, 6.45) is 0. The van der Waals surface area contributed by atoms with Crippen molar-refractivity contribution >= 4 is 21.6 Å². The van der Waals surface area contributed by atoms with Crippen LogP contribution in [0, 0.1) is 19.7 Å². The highest BCUT2D eigenvalue weighted by molar-refractivity contribution is 7.19. The molecule has 0 radical (unpaired) electrons. The number of aromatic nitrogens is 2. The third kappa shape index (κ3) is 2.99. The van der Waals surface area contributed by atoms with Crippen molar-refractivity contribution in [2.24, 2.45) is 0 Å². The van der Waals surface area contributed by atoms with Gasteiger partial charge in [-0.15, -0.1) is 11.3 Å². The van der Waals surface area contributed by atoms with Crippen LogP contribution in [0.1, 0.15) is 10.7 Å². The first-order chi connectivity index (χ1) is 11.4. The molecule has 1 aromatic carbocycles. The lowest BCUT2D eigenvalue weighted by Crippen LogP contribution is -2.29. The highest BCUT2D eigenvalue weighted by Crippen LogP contribution is 2.35. The molecular weight excluding hydrogens is 325 g/mol. The Bertz CT molecular complexity index is 942. The SMILES string of the molecule is Cc1sc2nc(C)n(CCN(C)C)c(=O)c2c1-c1ccc(F)cc1. The van der Waals surface area contributed by atoms with Crippen LogP contribution < -0.4 is 5.56 Å². The Morgan fingerprint density at radius 1 is 1.21 bits per heavy atom. The van der Waals surface area contributed by atoms with Gasteiger partial charge in [0, 0.05) is 23.5 Å². The summed E-state index contributed by atoms with van der Waals surface area (Å²) in [6, 6.07) is 6.27. The van der Waals surface area contributed by atoms with Gasteiger partial charge >= 0.3 is 0 Å². The normalized spacial score (nSPS) is 11.6. The Hall–Kier alpha value is -2.05. The van der Waals surface area contributed by atoms with Gasteiger partial charge in [-0.05, 0) is 45.6 Å². The molecule has 0 aliphatic rings. The Morgan fingerprint density at radius 2 is 1.88 bits per heavy atom. The Kier molecular flexibility index (Phi) is 4.51. The molecule has 0 spiro atoms. The zero-order valence-electron chi connectivity index (χ0n) is 14.3. The topological polar surface area (TPSA) is 38.1 Å². The monoisotopic (exact) mass is 345 g/mol. The largest absolute Gasteiger partial charge is 0.308 e. The van der Waals surface area contributed by atoms with Crippen LogP contribution in [-0.4, -0.2) is 35.1 Å². The van der Waals surface area contributed by atoms with Crippen molar-refractivity contribution in [3.8, 4) is 11.1 Å². The number of rotatable bonds is 4. The van der Waals surface area contributed by atoms with Crippen LogP contribution in [-0.2, 0) is 6.54 Å². The van der Waals surface area contributed by atoms with E-state index in [0.717, 1.165) is 33.2 Å². The molecule has 126 valence electrons. The van der Waals surface area contributed by atoms with E-state index in [0.29, 0.717) is 11.9 Å². The molecule has 24 heavy (non-hydrogen) atoms. The van der Waals surface area contributed by atoms with Crippen LogP contribution in [0.4, 0.5) is 4.39 Å². The van der Waals surface area contributed by atoms with Gasteiger partial charge < -0.3 is 4.90 Å². The minimum Gasteiger partial charge on any atom is -0.308 e. The predicted molar refractivity (Wildman–Crippen MR) is 97.3 cm³/mol. The van der Waals surface area contributed by atoms with Crippen LogP contribution in [0.3, 0.4) is 0 Å². The Balaban J connectivity index is 2.23. The molecule has 2 aromatic heterocycles. The maximum absolute atomic E-state index is 13.2. The van der Waals surface area contributed by atoms with Gasteiger partial charge in [-0.25, -0.2) is 9.37 Å². The van der Waals surface area contributed by atoms with Crippen molar-refractivity contribution in [2.45, 2.75) is 20.4 Å². The van der Waals surface area contributed by atoms with Gasteiger partial charge in [0.25, 0.3) is 5.56 Å². The van der Waals surface area contributed by atoms with Crippen molar-refractivity contribution in [3.63, 3.8) is 0 Å². The molecular formula is C18H20FN3OS. The molecule has 0 bridgehead atoms. The average Bonchev–Trinajstić information content (AvgIpc) is 2.83. The van der Waals surface area contributed by atoms with Gasteiger partial charge in [-0.1, -0.05) is 12.1 Å². The van der Waals surface area contributed by atoms with Crippen molar-refractivity contribution in [2.75, 3.05) is 20.6 Å². The van der Waals surface area contributed by atoms with Gasteiger partial charge in [-0.2, -0.15) is 0 Å². The molecule has 0 fully saturated rings. The lowest BCUT2D eigenvalue weighted by molar-refractivity contribution is 0.378. The van der Waals surface area contributed by atoms with Crippen molar-refractivity contribution < 1.29 is 4.39 Å². The van der Waals surface area contributed by atoms with Crippen molar-refractivity contribution in [3.05, 3.63) is 51.1 Å². The zero-order valence-corrected chi connectivity index (χ0v) is 15.1. The molecule has 0 atom stereocenters. The molecule has 6 heteroatoms. The van der Waals surface area contributed by atoms with Crippen LogP contribution in [0.25, 0.3) is 21.3 Å². The summed E-state index contributed by atoms with van der Waals surface area (Å²) in [5.41, 5.74) is 1.69. The molecule has 0 aliphatic carbocycles. The minimum absolute atomic E-state index is 0.0250. The summed E-state index contributed by atoms with van der Waals surface area (Å²) < 4.78 is 15.0. The van der Waals surface area contributed by atoms with Crippen molar-refractivity contribution in [1.29, 1.82) is 0 Å². The highest BCUT2D eigenvalue weighted by atomic mass is 32.1. The van der Waals surface area contributed by atoms with Crippen LogP contribution in [0.15, 0.2) is 29.1 Å². The number of benzene rings is 1. The number of likely N-dealkylation sites (N-methyl/N-ethyl adjacent to an activating group) is 1. The summed E-state index contributed by atoms with van der Waals surface area (Å²) in [5.74, 6) is 0.439. The smallest absolute Gasteiger partial charge is 0.262 e. The van der Waals surface area contributed by atoms with Gasteiger partial charge in [0.05, 0.1) is 5.39 Å². The second-order valence-electron chi connectivity index (χ2n) is 6.14. The molecule has 0 saturated heterocycles. The second kappa shape index (κ2) is 6.45. The zero-order chi connectivity index (χ0) is 17.4. The first-order valence-electron chi connectivity index (χ1n) is 7.79. The average molecular weight is 345 g/mol. The molecule has 3 rings (SSSR count). The predicted octanol–water partition coefficient (Wildman–Crippen LogP) is 3.44. The molecule has 0 N–H and O–H groups in total. The van der Waals surface area contributed by atoms with E-state index in [1.54, 1.807) is 16.7 Å². The molecule has 0 aliphatic heterocycles. The van der Waals surface area contributed by atoms with E-state index in [9.17, 15) is 9.18 Å². The summed E-state index contributed by atoms with van der Waals surface area (Å²) in [5, 5.41) is 0.633. The fraction of sp³-hybridized carbons (Fsp3) is 0.333. The van der Waals surface area contributed by atoms with Gasteiger partial charge in [0.2, 0.25) is 0 Å². The quantitative estimate of drug-likeness (QED) is 0.727. The molecule has 0 saturated carbocycles. The second-order valence-corrected chi connectivity index (χ2v) is 7.34. The number of fused-ring (bicyclic) bond motifs is 1. The molecule has 0 amide bonds. The first-order valence-corrected chi connectivity index (χ1v) is 8.61. The molecule has 2 heterocycles. The summed E-state index contributed by atoms with van der Waals surface area (Å²) >= 11 is 1.51. The molecule has 0 unspecified atom stereocenters. The number of hydrogen-bond acceptors (Lipinski definition) is 4. The van der Waals surface area contributed by atoms with E-state index in [2.05, 4.69) is 4.98 Å². The molecule has 4 nitrogen and oxygen atoms in total. The highest BCUT2D eigenvalue weighted by Gasteiger charge is 2.18. The first kappa shape index (κ1) is 16.8. The third-order valence-electron chi connectivity index (χ3n) is 4.08. The molecule has 3 aromatic rings. The van der Waals surface area contributed by atoms with E-state index in [1.165, 1.54) is 23.5 Å². The third-order valence-corrected chi connectivity index (χ3v) is 5.08. The fourth-order valence-electron chi connectivity index (χ4n) is 2.82. The van der Waals surface area contributed by atoms with Gasteiger partial charge in [0.15, 0.2) is 0 Å². The number of halogens is 1. The number of nitrogens with zero attached hydrogens (tertiary/aromatic N) is 3. The maximum Gasteiger partial charge on any atom is 0.262 e. The van der Waals surface area contributed by atoms with Gasteiger partial charge in [0.1, 0.15) is 16.5 Å². The van der Waals surface area contributed by atoms with Crippen molar-refractivity contribution in [1.82, 2.24) is 14.5 Å². The minimum atomic E-state index is -0.284. The lowest BCUT2D eigenvalue weighted by atomic mass is 10.0. The number of thiophene rings is 1. The number of hydrogen-bond donors (Lipinski definition) is 0. The van der Waals surface area contributed by atoms with Crippen LogP contribution in [0.2, 0.25) is 0 Å². The van der Waals surface area contributed by atoms with Crippen LogP contribution >= 0.6 is 11.3 Å². The summed E-state index contributed by atoms with van der Waals surface area (Å²) in [7, 11) is 3.95. The van der Waals surface area contributed by atoms with Gasteiger partial charge in [-0.3, -0.25) is 9.36 Å².